The van der Waals surface area contributed by atoms with Crippen LogP contribution >= 0.6 is 0 Å². The maximum atomic E-state index is 5.60. The summed E-state index contributed by atoms with van der Waals surface area (Å²) in [5.74, 6) is 1.42. The van der Waals surface area contributed by atoms with Crippen molar-refractivity contribution in [2.24, 2.45) is 0 Å². The Morgan fingerprint density at radius 3 is 2.58 bits per heavy atom. The zero-order valence-electron chi connectivity index (χ0n) is 14.0. The zero-order chi connectivity index (χ0) is 16.9. The molecule has 0 amide bonds. The van der Waals surface area contributed by atoms with Gasteiger partial charge in [-0.1, -0.05) is 11.2 Å². The number of hydrogen-bond acceptors (Lipinski definition) is 7. The average molecular weight is 324 g/mol. The number of rotatable bonds is 6. The molecule has 1 N–H and O–H groups in total. The van der Waals surface area contributed by atoms with Crippen molar-refractivity contribution in [1.82, 2.24) is 20.2 Å². The number of nitrogens with one attached hydrogen (secondary N) is 1. The molecular weight excluding hydrogens is 304 g/mol. The minimum atomic E-state index is 0.380. The summed E-state index contributed by atoms with van der Waals surface area (Å²) in [5, 5.41) is 11.1. The predicted molar refractivity (Wildman–Crippen MR) is 92.6 cm³/mol. The van der Waals surface area contributed by atoms with Crippen molar-refractivity contribution >= 4 is 11.8 Å². The standard InChI is InChI=1S/C17H20N6O/c1-12(2)23(3)15-5-4-13(10-19-15)11-20-17-22-21-16(24-17)14-6-8-18-9-7-14/h4-10,12H,11H2,1-3H3,(H,20,22). The molecule has 0 bridgehead atoms. The second-order valence-electron chi connectivity index (χ2n) is 5.73. The van der Waals surface area contributed by atoms with Gasteiger partial charge in [-0.15, -0.1) is 5.10 Å². The van der Waals surface area contributed by atoms with Crippen LogP contribution in [0, 0.1) is 0 Å². The summed E-state index contributed by atoms with van der Waals surface area (Å²) in [5.41, 5.74) is 1.88. The van der Waals surface area contributed by atoms with Gasteiger partial charge in [-0.2, -0.15) is 0 Å². The third-order valence-corrected chi connectivity index (χ3v) is 3.74. The van der Waals surface area contributed by atoms with Crippen molar-refractivity contribution in [1.29, 1.82) is 0 Å². The van der Waals surface area contributed by atoms with E-state index in [0.29, 0.717) is 24.5 Å². The number of anilines is 2. The molecule has 0 saturated heterocycles. The van der Waals surface area contributed by atoms with Crippen LogP contribution in [-0.4, -0.2) is 33.3 Å². The van der Waals surface area contributed by atoms with Crippen molar-refractivity contribution in [3.05, 3.63) is 48.4 Å². The van der Waals surface area contributed by atoms with Crippen LogP contribution < -0.4 is 10.2 Å². The van der Waals surface area contributed by atoms with E-state index in [1.165, 1.54) is 0 Å². The Balaban J connectivity index is 1.61. The van der Waals surface area contributed by atoms with Crippen molar-refractivity contribution in [2.45, 2.75) is 26.4 Å². The molecule has 0 radical (unpaired) electrons. The summed E-state index contributed by atoms with van der Waals surface area (Å²) in [6.45, 7) is 4.83. The highest BCUT2D eigenvalue weighted by molar-refractivity contribution is 5.52. The maximum absolute atomic E-state index is 5.60. The van der Waals surface area contributed by atoms with Gasteiger partial charge in [0.2, 0.25) is 5.89 Å². The highest BCUT2D eigenvalue weighted by atomic mass is 16.4. The van der Waals surface area contributed by atoms with Gasteiger partial charge >= 0.3 is 6.01 Å². The average Bonchev–Trinajstić information content (AvgIpc) is 3.09. The Kier molecular flexibility index (Phi) is 4.69. The number of hydrogen-bond donors (Lipinski definition) is 1. The van der Waals surface area contributed by atoms with Crippen LogP contribution in [0.25, 0.3) is 11.5 Å². The van der Waals surface area contributed by atoms with Gasteiger partial charge in [0.05, 0.1) is 0 Å². The molecule has 7 heteroatoms. The summed E-state index contributed by atoms with van der Waals surface area (Å²) in [4.78, 5) is 10.6. The largest absolute Gasteiger partial charge is 0.403 e. The molecule has 3 aromatic rings. The van der Waals surface area contributed by atoms with E-state index in [4.69, 9.17) is 4.42 Å². The molecular formula is C17H20N6O. The molecule has 0 fully saturated rings. The van der Waals surface area contributed by atoms with Crippen molar-refractivity contribution in [3.63, 3.8) is 0 Å². The molecule has 0 atom stereocenters. The molecule has 124 valence electrons. The van der Waals surface area contributed by atoms with Gasteiger partial charge in [0.1, 0.15) is 5.82 Å². The first kappa shape index (κ1) is 15.9. The molecule has 3 rings (SSSR count). The van der Waals surface area contributed by atoms with Gasteiger partial charge < -0.3 is 14.6 Å². The Bertz CT molecular complexity index is 769. The van der Waals surface area contributed by atoms with Crippen molar-refractivity contribution < 1.29 is 4.42 Å². The SMILES string of the molecule is CC(C)N(C)c1ccc(CNc2nnc(-c3ccncc3)o2)cn1. The molecule has 0 aliphatic rings. The third kappa shape index (κ3) is 3.68. The van der Waals surface area contributed by atoms with Gasteiger partial charge in [0.15, 0.2) is 0 Å². The summed E-state index contributed by atoms with van der Waals surface area (Å²) in [6.07, 6.45) is 5.23. The van der Waals surface area contributed by atoms with Crippen LogP contribution in [0.3, 0.4) is 0 Å². The van der Waals surface area contributed by atoms with Gasteiger partial charge in [-0.3, -0.25) is 4.98 Å². The number of nitrogens with zero attached hydrogens (tertiary/aromatic N) is 5. The minimum absolute atomic E-state index is 0.380. The van der Waals surface area contributed by atoms with E-state index in [1.54, 1.807) is 12.4 Å². The first-order valence-corrected chi connectivity index (χ1v) is 7.79. The van der Waals surface area contributed by atoms with Crippen LogP contribution in [0.15, 0.2) is 47.3 Å². The van der Waals surface area contributed by atoms with Crippen LogP contribution in [0.1, 0.15) is 19.4 Å². The molecule has 0 aliphatic heterocycles. The van der Waals surface area contributed by atoms with Crippen molar-refractivity contribution in [3.8, 4) is 11.5 Å². The van der Waals surface area contributed by atoms with E-state index in [1.807, 2.05) is 37.5 Å². The lowest BCUT2D eigenvalue weighted by Crippen LogP contribution is -2.26. The summed E-state index contributed by atoms with van der Waals surface area (Å²) in [6, 6.07) is 8.48. The molecule has 0 unspecified atom stereocenters. The van der Waals surface area contributed by atoms with E-state index in [2.05, 4.69) is 44.2 Å². The Morgan fingerprint density at radius 2 is 1.92 bits per heavy atom. The van der Waals surface area contributed by atoms with E-state index < -0.39 is 0 Å². The van der Waals surface area contributed by atoms with Gasteiger partial charge in [-0.25, -0.2) is 4.98 Å². The quantitative estimate of drug-likeness (QED) is 0.746. The lowest BCUT2D eigenvalue weighted by molar-refractivity contribution is 0.580. The van der Waals surface area contributed by atoms with E-state index in [0.717, 1.165) is 16.9 Å². The number of pyridine rings is 2. The van der Waals surface area contributed by atoms with E-state index in [9.17, 15) is 0 Å². The van der Waals surface area contributed by atoms with Crippen LogP contribution in [0.4, 0.5) is 11.8 Å². The first-order valence-electron chi connectivity index (χ1n) is 7.79. The van der Waals surface area contributed by atoms with E-state index in [-0.39, 0.29) is 0 Å². The summed E-state index contributed by atoms with van der Waals surface area (Å²) < 4.78 is 5.60. The monoisotopic (exact) mass is 324 g/mol. The summed E-state index contributed by atoms with van der Waals surface area (Å²) in [7, 11) is 2.03. The molecule has 3 heterocycles. The van der Waals surface area contributed by atoms with Gasteiger partial charge in [0.25, 0.3) is 0 Å². The Labute approximate surface area is 140 Å². The molecule has 0 spiro atoms. The highest BCUT2D eigenvalue weighted by Crippen LogP contribution is 2.19. The maximum Gasteiger partial charge on any atom is 0.316 e. The second kappa shape index (κ2) is 7.08. The normalized spacial score (nSPS) is 10.8. The first-order chi connectivity index (χ1) is 11.6. The highest BCUT2D eigenvalue weighted by Gasteiger charge is 2.09. The molecule has 0 saturated carbocycles. The molecule has 7 nitrogen and oxygen atoms in total. The van der Waals surface area contributed by atoms with Gasteiger partial charge in [0, 0.05) is 43.8 Å². The fourth-order valence-corrected chi connectivity index (χ4v) is 2.08. The lowest BCUT2D eigenvalue weighted by Gasteiger charge is -2.22. The topological polar surface area (TPSA) is 80.0 Å². The second-order valence-corrected chi connectivity index (χ2v) is 5.73. The fourth-order valence-electron chi connectivity index (χ4n) is 2.08. The Hall–Kier alpha value is -2.96. The predicted octanol–water partition coefficient (Wildman–Crippen LogP) is 2.98. The Morgan fingerprint density at radius 1 is 1.12 bits per heavy atom. The molecule has 0 aliphatic carbocycles. The van der Waals surface area contributed by atoms with Crippen LogP contribution in [0.2, 0.25) is 0 Å². The van der Waals surface area contributed by atoms with Crippen LogP contribution in [0.5, 0.6) is 0 Å². The van der Waals surface area contributed by atoms with Crippen LogP contribution in [-0.2, 0) is 6.54 Å². The fraction of sp³-hybridized carbons (Fsp3) is 0.294. The van der Waals surface area contributed by atoms with E-state index >= 15 is 0 Å². The molecule has 0 aromatic carbocycles. The smallest absolute Gasteiger partial charge is 0.316 e. The third-order valence-electron chi connectivity index (χ3n) is 3.74. The minimum Gasteiger partial charge on any atom is -0.403 e. The molecule has 3 aromatic heterocycles. The summed E-state index contributed by atoms with van der Waals surface area (Å²) >= 11 is 0. The number of aromatic nitrogens is 4. The molecule has 24 heavy (non-hydrogen) atoms. The zero-order valence-corrected chi connectivity index (χ0v) is 14.0. The van der Waals surface area contributed by atoms with Crippen molar-refractivity contribution in [2.75, 3.05) is 17.3 Å². The van der Waals surface area contributed by atoms with Gasteiger partial charge in [-0.05, 0) is 37.6 Å². The lowest BCUT2D eigenvalue weighted by atomic mass is 10.2.